The molecule has 0 spiro atoms. The molecule has 0 bridgehead atoms. The molecule has 11 heavy (non-hydrogen) atoms. The lowest BCUT2D eigenvalue weighted by atomic mass is 10.2. The third kappa shape index (κ3) is 1.63. The minimum atomic E-state index is -0.487. The van der Waals surface area contributed by atoms with Gasteiger partial charge in [-0.25, -0.2) is 9.07 Å². The van der Waals surface area contributed by atoms with Gasteiger partial charge in [-0.1, -0.05) is 13.8 Å². The second-order valence-corrected chi connectivity index (χ2v) is 2.60. The molecule has 1 aromatic heterocycles. The van der Waals surface area contributed by atoms with Gasteiger partial charge in [-0.2, -0.15) is 5.10 Å². The first-order valence-corrected chi connectivity index (χ1v) is 3.35. The quantitative estimate of drug-likeness (QED) is 0.614. The van der Waals surface area contributed by atoms with Gasteiger partial charge in [0.15, 0.2) is 5.82 Å². The average Bonchev–Trinajstić information content (AvgIpc) is 2.34. The summed E-state index contributed by atoms with van der Waals surface area (Å²) in [5.74, 6) is -0.845. The Kier molecular flexibility index (Phi) is 2.03. The van der Waals surface area contributed by atoms with Gasteiger partial charge < -0.3 is 0 Å². The van der Waals surface area contributed by atoms with Crippen molar-refractivity contribution in [2.75, 3.05) is 0 Å². The van der Waals surface area contributed by atoms with Gasteiger partial charge in [0, 0.05) is 5.92 Å². The molecule has 0 saturated heterocycles. The third-order valence-corrected chi connectivity index (χ3v) is 1.27. The molecular weight excluding hydrogens is 147 g/mol. The van der Waals surface area contributed by atoms with Gasteiger partial charge in [0.2, 0.25) is 5.91 Å². The first-order chi connectivity index (χ1) is 5.11. The van der Waals surface area contributed by atoms with E-state index in [0.29, 0.717) is 0 Å². The van der Waals surface area contributed by atoms with Crippen LogP contribution in [0.25, 0.3) is 0 Å². The second kappa shape index (κ2) is 2.82. The van der Waals surface area contributed by atoms with Crippen molar-refractivity contribution in [3.8, 4) is 0 Å². The van der Waals surface area contributed by atoms with E-state index in [0.717, 1.165) is 17.1 Å². The number of rotatable bonds is 1. The van der Waals surface area contributed by atoms with Gasteiger partial charge in [-0.15, -0.1) is 0 Å². The summed E-state index contributed by atoms with van der Waals surface area (Å²) < 4.78 is 13.3. The Labute approximate surface area is 63.8 Å². The molecule has 60 valence electrons. The molecule has 0 aliphatic rings. The zero-order valence-corrected chi connectivity index (χ0v) is 6.41. The smallest absolute Gasteiger partial charge is 0.249 e. The van der Waals surface area contributed by atoms with E-state index in [1.807, 2.05) is 0 Å². The van der Waals surface area contributed by atoms with Crippen LogP contribution in [0.4, 0.5) is 4.39 Å². The van der Waals surface area contributed by atoms with Crippen molar-refractivity contribution in [3.05, 3.63) is 18.2 Å². The summed E-state index contributed by atoms with van der Waals surface area (Å²) in [5.41, 5.74) is 0. The molecular formula is C7H9FN2O. The maximum atomic E-state index is 12.3. The fourth-order valence-electron chi connectivity index (χ4n) is 0.686. The average molecular weight is 156 g/mol. The van der Waals surface area contributed by atoms with E-state index in [2.05, 4.69) is 5.10 Å². The van der Waals surface area contributed by atoms with Crippen LogP contribution in [-0.4, -0.2) is 15.7 Å². The van der Waals surface area contributed by atoms with Gasteiger partial charge in [-0.3, -0.25) is 4.79 Å². The summed E-state index contributed by atoms with van der Waals surface area (Å²) in [4.78, 5) is 11.1. The Balaban J connectivity index is 2.85. The number of carbonyl (C=O) groups excluding carboxylic acids is 1. The van der Waals surface area contributed by atoms with Crippen molar-refractivity contribution < 1.29 is 9.18 Å². The Morgan fingerprint density at radius 3 is 2.73 bits per heavy atom. The summed E-state index contributed by atoms with van der Waals surface area (Å²) in [5, 5.41) is 3.53. The molecule has 4 heteroatoms. The first-order valence-electron chi connectivity index (χ1n) is 3.35. The summed E-state index contributed by atoms with van der Waals surface area (Å²) in [7, 11) is 0. The molecule has 1 aromatic rings. The molecule has 0 aliphatic carbocycles. The van der Waals surface area contributed by atoms with Crippen LogP contribution in [0.1, 0.15) is 18.6 Å². The van der Waals surface area contributed by atoms with E-state index in [1.54, 1.807) is 13.8 Å². The number of carbonyl (C=O) groups is 1. The third-order valence-electron chi connectivity index (χ3n) is 1.27. The van der Waals surface area contributed by atoms with E-state index < -0.39 is 5.82 Å². The highest BCUT2D eigenvalue weighted by Gasteiger charge is 2.10. The van der Waals surface area contributed by atoms with Crippen LogP contribution in [0.2, 0.25) is 0 Å². The lowest BCUT2D eigenvalue weighted by molar-refractivity contribution is 0.0838. The van der Waals surface area contributed by atoms with E-state index in [4.69, 9.17) is 0 Å². The monoisotopic (exact) mass is 156 g/mol. The number of halogens is 1. The predicted octanol–water partition coefficient (Wildman–Crippen LogP) is 1.32. The summed E-state index contributed by atoms with van der Waals surface area (Å²) >= 11 is 0. The lowest BCUT2D eigenvalue weighted by Gasteiger charge is -2.01. The number of hydrogen-bond acceptors (Lipinski definition) is 2. The highest BCUT2D eigenvalue weighted by molar-refractivity contribution is 5.79. The number of hydrogen-bond donors (Lipinski definition) is 0. The molecule has 0 unspecified atom stereocenters. The standard InChI is InChI=1S/C7H9FN2O/c1-5(2)7(11)10-4-6(8)3-9-10/h3-5H,1-2H3. The maximum absolute atomic E-state index is 12.3. The van der Waals surface area contributed by atoms with Crippen molar-refractivity contribution in [2.24, 2.45) is 5.92 Å². The summed E-state index contributed by atoms with van der Waals surface area (Å²) in [6.07, 6.45) is 2.09. The molecule has 0 amide bonds. The molecule has 0 aliphatic heterocycles. The molecule has 0 fully saturated rings. The highest BCUT2D eigenvalue weighted by atomic mass is 19.1. The second-order valence-electron chi connectivity index (χ2n) is 2.60. The topological polar surface area (TPSA) is 34.9 Å². The van der Waals surface area contributed by atoms with Crippen LogP contribution in [0.5, 0.6) is 0 Å². The van der Waals surface area contributed by atoms with Crippen molar-refractivity contribution in [1.29, 1.82) is 0 Å². The molecule has 0 aromatic carbocycles. The molecule has 1 heterocycles. The van der Waals surface area contributed by atoms with Gasteiger partial charge in [0.25, 0.3) is 0 Å². The molecule has 0 atom stereocenters. The summed E-state index contributed by atoms with van der Waals surface area (Å²) in [6, 6.07) is 0. The van der Waals surface area contributed by atoms with Crippen molar-refractivity contribution >= 4 is 5.91 Å². The number of nitrogens with zero attached hydrogens (tertiary/aromatic N) is 2. The minimum Gasteiger partial charge on any atom is -0.272 e. The fraction of sp³-hybridized carbons (Fsp3) is 0.429. The molecule has 0 saturated carbocycles. The largest absolute Gasteiger partial charge is 0.272 e. The zero-order chi connectivity index (χ0) is 8.43. The van der Waals surface area contributed by atoms with E-state index in [1.165, 1.54) is 0 Å². The molecule has 0 radical (unpaired) electrons. The van der Waals surface area contributed by atoms with Gasteiger partial charge >= 0.3 is 0 Å². The Morgan fingerprint density at radius 2 is 2.36 bits per heavy atom. The van der Waals surface area contributed by atoms with E-state index >= 15 is 0 Å². The van der Waals surface area contributed by atoms with E-state index in [9.17, 15) is 9.18 Å². The fourth-order valence-corrected chi connectivity index (χ4v) is 0.686. The van der Waals surface area contributed by atoms with Crippen molar-refractivity contribution in [3.63, 3.8) is 0 Å². The maximum Gasteiger partial charge on any atom is 0.249 e. The predicted molar refractivity (Wildman–Crippen MR) is 37.6 cm³/mol. The minimum absolute atomic E-state index is 0.158. The van der Waals surface area contributed by atoms with Crippen LogP contribution in [0, 0.1) is 11.7 Å². The van der Waals surface area contributed by atoms with Gasteiger partial charge in [0.1, 0.15) is 0 Å². The van der Waals surface area contributed by atoms with Crippen LogP contribution >= 0.6 is 0 Å². The first kappa shape index (κ1) is 7.91. The molecule has 1 rings (SSSR count). The molecule has 3 nitrogen and oxygen atoms in total. The molecule has 0 N–H and O–H groups in total. The van der Waals surface area contributed by atoms with Gasteiger partial charge in [0.05, 0.1) is 12.4 Å². The normalized spacial score (nSPS) is 10.5. The SMILES string of the molecule is CC(C)C(=O)n1cc(F)cn1. The Bertz CT molecular complexity index is 267. The Hall–Kier alpha value is -1.19. The number of aromatic nitrogens is 2. The zero-order valence-electron chi connectivity index (χ0n) is 6.41. The van der Waals surface area contributed by atoms with Crippen LogP contribution in [-0.2, 0) is 0 Å². The Morgan fingerprint density at radius 1 is 1.73 bits per heavy atom. The van der Waals surface area contributed by atoms with Crippen molar-refractivity contribution in [2.45, 2.75) is 13.8 Å². The van der Waals surface area contributed by atoms with E-state index in [-0.39, 0.29) is 11.8 Å². The van der Waals surface area contributed by atoms with Crippen LogP contribution < -0.4 is 0 Å². The highest BCUT2D eigenvalue weighted by Crippen LogP contribution is 1.99. The van der Waals surface area contributed by atoms with Gasteiger partial charge in [-0.05, 0) is 0 Å². The van der Waals surface area contributed by atoms with Crippen molar-refractivity contribution in [1.82, 2.24) is 9.78 Å². The lowest BCUT2D eigenvalue weighted by Crippen LogP contribution is -2.17. The summed E-state index contributed by atoms with van der Waals surface area (Å²) in [6.45, 7) is 3.48. The van der Waals surface area contributed by atoms with Crippen LogP contribution in [0.15, 0.2) is 12.4 Å². The van der Waals surface area contributed by atoms with Crippen LogP contribution in [0.3, 0.4) is 0 Å².